The van der Waals surface area contributed by atoms with Crippen LogP contribution in [-0.2, 0) is 4.74 Å². The molecule has 5 nitrogen and oxygen atoms in total. The van der Waals surface area contributed by atoms with Gasteiger partial charge in [0.05, 0.1) is 5.52 Å². The number of pyridine rings is 1. The molecule has 1 amide bonds. The second-order valence-corrected chi connectivity index (χ2v) is 4.24. The molecule has 0 spiro atoms. The highest BCUT2D eigenvalue weighted by Crippen LogP contribution is 2.32. The molecule has 1 aromatic heterocycles. The lowest BCUT2D eigenvalue weighted by Crippen LogP contribution is -2.19. The number of benzene rings is 1. The summed E-state index contributed by atoms with van der Waals surface area (Å²) in [5, 5.41) is 1.37. The molecule has 1 aliphatic heterocycles. The summed E-state index contributed by atoms with van der Waals surface area (Å²) >= 11 is 6.09. The SMILES string of the molecule is NC1=NC(=O)OC1c1ccc(Cl)c2cccnc12. The number of nitrogens with zero attached hydrogens (tertiary/aromatic N) is 2. The van der Waals surface area contributed by atoms with Crippen LogP contribution < -0.4 is 5.73 Å². The average Bonchev–Trinajstić information content (AvgIpc) is 2.69. The third-order valence-corrected chi connectivity index (χ3v) is 3.07. The van der Waals surface area contributed by atoms with E-state index in [-0.39, 0.29) is 5.84 Å². The van der Waals surface area contributed by atoms with Crippen molar-refractivity contribution in [2.45, 2.75) is 6.10 Å². The summed E-state index contributed by atoms with van der Waals surface area (Å²) in [4.78, 5) is 18.9. The first-order valence-electron chi connectivity index (χ1n) is 5.24. The Morgan fingerprint density at radius 1 is 1.33 bits per heavy atom. The maximum atomic E-state index is 11.1. The fourth-order valence-electron chi connectivity index (χ4n) is 1.95. The van der Waals surface area contributed by atoms with Crippen LogP contribution in [-0.4, -0.2) is 16.9 Å². The monoisotopic (exact) mass is 261 g/mol. The number of hydrogen-bond acceptors (Lipinski definition) is 4. The second kappa shape index (κ2) is 3.96. The second-order valence-electron chi connectivity index (χ2n) is 3.84. The van der Waals surface area contributed by atoms with Crippen LogP contribution >= 0.6 is 11.6 Å². The molecule has 0 saturated carbocycles. The van der Waals surface area contributed by atoms with Gasteiger partial charge in [-0.1, -0.05) is 17.7 Å². The van der Waals surface area contributed by atoms with Gasteiger partial charge in [0.15, 0.2) is 11.9 Å². The Morgan fingerprint density at radius 2 is 2.17 bits per heavy atom. The zero-order valence-corrected chi connectivity index (χ0v) is 9.89. The first-order valence-corrected chi connectivity index (χ1v) is 5.62. The number of aromatic nitrogens is 1. The molecule has 1 unspecified atom stereocenters. The number of aliphatic imine (C=N–C) groups is 1. The van der Waals surface area contributed by atoms with Crippen LogP contribution in [0.5, 0.6) is 0 Å². The van der Waals surface area contributed by atoms with Crippen molar-refractivity contribution < 1.29 is 9.53 Å². The summed E-state index contributed by atoms with van der Waals surface area (Å²) < 4.78 is 5.06. The Morgan fingerprint density at radius 3 is 2.89 bits per heavy atom. The van der Waals surface area contributed by atoms with E-state index in [1.807, 2.05) is 6.07 Å². The summed E-state index contributed by atoms with van der Waals surface area (Å²) in [7, 11) is 0. The van der Waals surface area contributed by atoms with Crippen LogP contribution in [0.3, 0.4) is 0 Å². The molecule has 1 aliphatic rings. The highest BCUT2D eigenvalue weighted by atomic mass is 35.5. The summed E-state index contributed by atoms with van der Waals surface area (Å²) in [6, 6.07) is 7.10. The summed E-state index contributed by atoms with van der Waals surface area (Å²) in [5.74, 6) is 0.134. The molecule has 1 atom stereocenters. The molecular weight excluding hydrogens is 254 g/mol. The van der Waals surface area contributed by atoms with E-state index in [1.165, 1.54) is 0 Å². The zero-order chi connectivity index (χ0) is 12.7. The first-order chi connectivity index (χ1) is 8.66. The molecule has 90 valence electrons. The number of hydrogen-bond donors (Lipinski definition) is 1. The lowest BCUT2D eigenvalue weighted by Gasteiger charge is -2.12. The van der Waals surface area contributed by atoms with Gasteiger partial charge in [-0.05, 0) is 18.2 Å². The van der Waals surface area contributed by atoms with E-state index in [4.69, 9.17) is 22.1 Å². The van der Waals surface area contributed by atoms with Gasteiger partial charge in [0, 0.05) is 22.2 Å². The largest absolute Gasteiger partial charge is 0.436 e. The van der Waals surface area contributed by atoms with Gasteiger partial charge in [-0.15, -0.1) is 0 Å². The topological polar surface area (TPSA) is 77.6 Å². The zero-order valence-electron chi connectivity index (χ0n) is 9.13. The van der Waals surface area contributed by atoms with Crippen molar-refractivity contribution in [1.82, 2.24) is 4.98 Å². The Balaban J connectivity index is 2.22. The molecule has 0 radical (unpaired) electrons. The number of amidine groups is 1. The van der Waals surface area contributed by atoms with Crippen LogP contribution in [0.1, 0.15) is 11.7 Å². The van der Waals surface area contributed by atoms with E-state index in [0.717, 1.165) is 5.39 Å². The molecule has 2 aromatic rings. The number of fused-ring (bicyclic) bond motifs is 1. The van der Waals surface area contributed by atoms with Crippen molar-refractivity contribution in [1.29, 1.82) is 0 Å². The van der Waals surface area contributed by atoms with Gasteiger partial charge in [0.1, 0.15) is 0 Å². The number of amides is 1. The molecule has 2 heterocycles. The maximum Gasteiger partial charge on any atom is 0.436 e. The lowest BCUT2D eigenvalue weighted by atomic mass is 10.0. The number of ether oxygens (including phenoxy) is 1. The standard InChI is InChI=1S/C12H8ClN3O2/c13-8-4-3-7(9-6(8)2-1-5-15-9)10-11(14)16-12(17)18-10/h1-5,10H,(H2,14,16,17). The molecule has 0 saturated heterocycles. The van der Waals surface area contributed by atoms with Crippen molar-refractivity contribution in [3.63, 3.8) is 0 Å². The molecule has 6 heteroatoms. The van der Waals surface area contributed by atoms with E-state index in [0.29, 0.717) is 16.1 Å². The summed E-state index contributed by atoms with van der Waals surface area (Å²) in [6.07, 6.45) is 0.274. The lowest BCUT2D eigenvalue weighted by molar-refractivity contribution is 0.149. The highest BCUT2D eigenvalue weighted by Gasteiger charge is 2.29. The number of cyclic esters (lactones) is 1. The Bertz CT molecular complexity index is 684. The van der Waals surface area contributed by atoms with Gasteiger partial charge in [0.25, 0.3) is 0 Å². The van der Waals surface area contributed by atoms with Gasteiger partial charge >= 0.3 is 6.09 Å². The van der Waals surface area contributed by atoms with Crippen molar-refractivity contribution in [3.05, 3.63) is 41.0 Å². The van der Waals surface area contributed by atoms with Gasteiger partial charge in [-0.2, -0.15) is 4.99 Å². The van der Waals surface area contributed by atoms with E-state index < -0.39 is 12.2 Å². The molecule has 3 rings (SSSR count). The predicted molar refractivity (Wildman–Crippen MR) is 67.6 cm³/mol. The van der Waals surface area contributed by atoms with Gasteiger partial charge in [-0.3, -0.25) is 4.98 Å². The van der Waals surface area contributed by atoms with Crippen molar-refractivity contribution in [2.75, 3.05) is 0 Å². The summed E-state index contributed by atoms with van der Waals surface area (Å²) in [6.45, 7) is 0. The van der Waals surface area contributed by atoms with Gasteiger partial charge < -0.3 is 10.5 Å². The fourth-order valence-corrected chi connectivity index (χ4v) is 2.16. The van der Waals surface area contributed by atoms with Crippen LogP contribution in [0.25, 0.3) is 10.9 Å². The number of rotatable bonds is 1. The number of carbonyl (C=O) groups is 1. The minimum absolute atomic E-state index is 0.134. The smallest absolute Gasteiger partial charge is 0.431 e. The normalized spacial score (nSPS) is 18.8. The number of halogens is 1. The van der Waals surface area contributed by atoms with E-state index in [2.05, 4.69) is 9.98 Å². The molecular formula is C12H8ClN3O2. The van der Waals surface area contributed by atoms with Crippen molar-refractivity contribution in [3.8, 4) is 0 Å². The molecule has 18 heavy (non-hydrogen) atoms. The van der Waals surface area contributed by atoms with E-state index >= 15 is 0 Å². The molecule has 0 bridgehead atoms. The van der Waals surface area contributed by atoms with Crippen LogP contribution in [0, 0.1) is 0 Å². The fraction of sp³-hybridized carbons (Fsp3) is 0.0833. The maximum absolute atomic E-state index is 11.1. The molecule has 1 aromatic carbocycles. The Hall–Kier alpha value is -2.14. The van der Waals surface area contributed by atoms with Gasteiger partial charge in [-0.25, -0.2) is 4.79 Å². The highest BCUT2D eigenvalue weighted by molar-refractivity contribution is 6.35. The van der Waals surface area contributed by atoms with Crippen LogP contribution in [0.15, 0.2) is 35.5 Å². The van der Waals surface area contributed by atoms with Crippen LogP contribution in [0.4, 0.5) is 4.79 Å². The molecule has 0 fully saturated rings. The Kier molecular flexibility index (Phi) is 2.41. The minimum Gasteiger partial charge on any atom is -0.431 e. The number of carbonyl (C=O) groups excluding carboxylic acids is 1. The van der Waals surface area contributed by atoms with Gasteiger partial charge in [0.2, 0.25) is 0 Å². The molecule has 0 aliphatic carbocycles. The van der Waals surface area contributed by atoms with Crippen LogP contribution in [0.2, 0.25) is 5.02 Å². The third-order valence-electron chi connectivity index (χ3n) is 2.74. The van der Waals surface area contributed by atoms with Crippen molar-refractivity contribution >= 4 is 34.4 Å². The van der Waals surface area contributed by atoms with E-state index in [9.17, 15) is 4.79 Å². The third kappa shape index (κ3) is 1.60. The number of nitrogens with two attached hydrogens (primary N) is 1. The molecule has 2 N–H and O–H groups in total. The Labute approximate surface area is 107 Å². The summed E-state index contributed by atoms with van der Waals surface area (Å²) in [5.41, 5.74) is 7.01. The average molecular weight is 262 g/mol. The minimum atomic E-state index is -0.688. The van der Waals surface area contributed by atoms with E-state index in [1.54, 1.807) is 24.4 Å². The first kappa shape index (κ1) is 11.0. The van der Waals surface area contributed by atoms with Crippen molar-refractivity contribution in [2.24, 2.45) is 10.7 Å². The predicted octanol–water partition coefficient (Wildman–Crippen LogP) is 2.44. The quantitative estimate of drug-likeness (QED) is 0.855.